The van der Waals surface area contributed by atoms with Gasteiger partial charge >= 0.3 is 0 Å². The van der Waals surface area contributed by atoms with Crippen LogP contribution in [-0.4, -0.2) is 58.7 Å². The van der Waals surface area contributed by atoms with Gasteiger partial charge in [0, 0.05) is 51.2 Å². The number of aromatic nitrogens is 1. The van der Waals surface area contributed by atoms with E-state index in [-0.39, 0.29) is 43.2 Å². The van der Waals surface area contributed by atoms with Gasteiger partial charge < -0.3 is 9.64 Å². The van der Waals surface area contributed by atoms with Gasteiger partial charge in [-0.25, -0.2) is 0 Å². The molecular formula is C29H29N3O4. The number of fused-ring (bicyclic) bond motifs is 1. The number of para-hydroxylation sites is 1. The highest BCUT2D eigenvalue weighted by Crippen LogP contribution is 2.40. The van der Waals surface area contributed by atoms with E-state index in [2.05, 4.69) is 4.98 Å². The number of amides is 3. The molecule has 1 aromatic heterocycles. The van der Waals surface area contributed by atoms with Crippen molar-refractivity contribution in [2.45, 2.75) is 37.2 Å². The standard InChI is InChI=1S/C29H29N3O4/c1-31(20-24-17-21-9-5-6-13-25(21)36-24)26(33)18-29(22-10-3-2-4-11-22)19-27(34)32(28(29)35)16-14-23-12-7-8-15-30-23/h2-13,15,24H,14,16-20H2,1H3/t24-,29+/m0/s1. The highest BCUT2D eigenvalue weighted by Gasteiger charge is 2.53. The lowest BCUT2D eigenvalue weighted by molar-refractivity contribution is -0.142. The van der Waals surface area contributed by atoms with Gasteiger partial charge in [0.1, 0.15) is 11.9 Å². The molecule has 2 atom stereocenters. The molecule has 0 unspecified atom stereocenters. The Labute approximate surface area is 210 Å². The van der Waals surface area contributed by atoms with Crippen LogP contribution in [0.4, 0.5) is 0 Å². The number of carbonyl (C=O) groups excluding carboxylic acids is 3. The summed E-state index contributed by atoms with van der Waals surface area (Å²) in [6.45, 7) is 0.644. The van der Waals surface area contributed by atoms with E-state index < -0.39 is 5.41 Å². The molecule has 2 aliphatic rings. The van der Waals surface area contributed by atoms with E-state index in [0.29, 0.717) is 18.5 Å². The highest BCUT2D eigenvalue weighted by atomic mass is 16.5. The van der Waals surface area contributed by atoms with Gasteiger partial charge in [0.25, 0.3) is 0 Å². The summed E-state index contributed by atoms with van der Waals surface area (Å²) in [6, 6.07) is 22.7. The maximum atomic E-state index is 13.8. The van der Waals surface area contributed by atoms with Gasteiger partial charge in [-0.1, -0.05) is 54.6 Å². The fraction of sp³-hybridized carbons (Fsp3) is 0.310. The fourth-order valence-corrected chi connectivity index (χ4v) is 5.18. The first-order valence-electron chi connectivity index (χ1n) is 12.2. The van der Waals surface area contributed by atoms with Gasteiger partial charge in [0.2, 0.25) is 17.7 Å². The van der Waals surface area contributed by atoms with Crippen LogP contribution >= 0.6 is 0 Å². The van der Waals surface area contributed by atoms with Crippen LogP contribution in [0.2, 0.25) is 0 Å². The number of nitrogens with zero attached hydrogens (tertiary/aromatic N) is 3. The van der Waals surface area contributed by atoms with E-state index in [4.69, 9.17) is 4.74 Å². The predicted octanol–water partition coefficient (Wildman–Crippen LogP) is 3.17. The van der Waals surface area contributed by atoms with Crippen molar-refractivity contribution in [3.8, 4) is 5.75 Å². The molecule has 7 nitrogen and oxygen atoms in total. The number of hydrogen-bond acceptors (Lipinski definition) is 5. The fourth-order valence-electron chi connectivity index (χ4n) is 5.18. The summed E-state index contributed by atoms with van der Waals surface area (Å²) < 4.78 is 6.01. The first-order chi connectivity index (χ1) is 17.5. The zero-order chi connectivity index (χ0) is 25.1. The summed E-state index contributed by atoms with van der Waals surface area (Å²) in [5.74, 6) is 0.0843. The Balaban J connectivity index is 1.32. The van der Waals surface area contributed by atoms with Crippen LogP contribution in [-0.2, 0) is 32.6 Å². The number of likely N-dealkylation sites (tertiary alicyclic amines) is 1. The molecular weight excluding hydrogens is 454 g/mol. The second-order valence-electron chi connectivity index (χ2n) is 9.55. The summed E-state index contributed by atoms with van der Waals surface area (Å²) in [4.78, 5) is 47.6. The molecule has 0 radical (unpaired) electrons. The topological polar surface area (TPSA) is 79.8 Å². The lowest BCUT2D eigenvalue weighted by atomic mass is 9.75. The van der Waals surface area contributed by atoms with Crippen LogP contribution in [0.15, 0.2) is 79.0 Å². The third-order valence-corrected chi connectivity index (χ3v) is 7.12. The zero-order valence-electron chi connectivity index (χ0n) is 20.3. The molecule has 2 aromatic carbocycles. The summed E-state index contributed by atoms with van der Waals surface area (Å²) >= 11 is 0. The van der Waals surface area contributed by atoms with Crippen LogP contribution < -0.4 is 4.74 Å². The van der Waals surface area contributed by atoms with E-state index in [1.165, 1.54) is 4.90 Å². The van der Waals surface area contributed by atoms with E-state index in [0.717, 1.165) is 23.4 Å². The molecule has 5 rings (SSSR count). The first kappa shape index (κ1) is 23.7. The quantitative estimate of drug-likeness (QED) is 0.460. The average molecular weight is 484 g/mol. The maximum Gasteiger partial charge on any atom is 0.240 e. The second kappa shape index (κ2) is 9.93. The van der Waals surface area contributed by atoms with Gasteiger partial charge in [-0.05, 0) is 29.3 Å². The van der Waals surface area contributed by atoms with Crippen molar-refractivity contribution in [2.24, 2.45) is 0 Å². The van der Waals surface area contributed by atoms with Crippen LogP contribution in [0, 0.1) is 0 Å². The molecule has 1 saturated heterocycles. The molecule has 36 heavy (non-hydrogen) atoms. The maximum absolute atomic E-state index is 13.8. The minimum Gasteiger partial charge on any atom is -0.488 e. The normalized spacial score (nSPS) is 20.8. The smallest absolute Gasteiger partial charge is 0.240 e. The van der Waals surface area contributed by atoms with E-state index in [1.54, 1.807) is 18.1 Å². The first-order valence-corrected chi connectivity index (χ1v) is 12.2. The highest BCUT2D eigenvalue weighted by molar-refractivity contribution is 6.10. The van der Waals surface area contributed by atoms with Crippen molar-refractivity contribution in [2.75, 3.05) is 20.1 Å². The number of rotatable bonds is 8. The van der Waals surface area contributed by atoms with Gasteiger partial charge in [0.05, 0.1) is 12.0 Å². The SMILES string of the molecule is CN(C[C@@H]1Cc2ccccc2O1)C(=O)C[C@]1(c2ccccc2)CC(=O)N(CCc2ccccn2)C1=O. The molecule has 3 heterocycles. The van der Waals surface area contributed by atoms with Crippen molar-refractivity contribution in [3.05, 3.63) is 95.8 Å². The van der Waals surface area contributed by atoms with Crippen molar-refractivity contribution < 1.29 is 19.1 Å². The van der Waals surface area contributed by atoms with E-state index in [1.807, 2.05) is 72.8 Å². The Hall–Kier alpha value is -4.00. The number of benzene rings is 2. The lowest BCUT2D eigenvalue weighted by Crippen LogP contribution is -2.44. The number of pyridine rings is 1. The Morgan fingerprint density at radius 3 is 2.56 bits per heavy atom. The molecule has 3 amide bonds. The van der Waals surface area contributed by atoms with Gasteiger partial charge in [-0.2, -0.15) is 0 Å². The van der Waals surface area contributed by atoms with E-state index >= 15 is 0 Å². The number of hydrogen-bond donors (Lipinski definition) is 0. The molecule has 3 aromatic rings. The third kappa shape index (κ3) is 4.61. The average Bonchev–Trinajstić information content (AvgIpc) is 3.41. The number of likely N-dealkylation sites (N-methyl/N-ethyl adjacent to an activating group) is 1. The summed E-state index contributed by atoms with van der Waals surface area (Å²) in [5.41, 5.74) is 1.41. The Bertz CT molecular complexity index is 1240. The van der Waals surface area contributed by atoms with Crippen LogP contribution in [0.5, 0.6) is 5.75 Å². The zero-order valence-corrected chi connectivity index (χ0v) is 20.3. The summed E-state index contributed by atoms with van der Waals surface area (Å²) in [7, 11) is 1.73. The molecule has 1 fully saturated rings. The summed E-state index contributed by atoms with van der Waals surface area (Å²) in [6.07, 6.45) is 2.66. The Morgan fingerprint density at radius 2 is 1.81 bits per heavy atom. The van der Waals surface area contributed by atoms with Crippen molar-refractivity contribution in [3.63, 3.8) is 0 Å². The van der Waals surface area contributed by atoms with Crippen molar-refractivity contribution >= 4 is 17.7 Å². The molecule has 0 N–H and O–H groups in total. The monoisotopic (exact) mass is 483 g/mol. The number of imide groups is 1. The molecule has 0 saturated carbocycles. The minimum atomic E-state index is -1.21. The molecule has 0 aliphatic carbocycles. The van der Waals surface area contributed by atoms with Gasteiger partial charge in [0.15, 0.2) is 0 Å². The van der Waals surface area contributed by atoms with Crippen LogP contribution in [0.25, 0.3) is 0 Å². The van der Waals surface area contributed by atoms with Crippen molar-refractivity contribution in [1.29, 1.82) is 0 Å². The molecule has 7 heteroatoms. The number of ether oxygens (including phenoxy) is 1. The molecule has 2 aliphatic heterocycles. The van der Waals surface area contributed by atoms with Crippen LogP contribution in [0.1, 0.15) is 29.7 Å². The Morgan fingerprint density at radius 1 is 1.06 bits per heavy atom. The van der Waals surface area contributed by atoms with Gasteiger partial charge in [-0.15, -0.1) is 0 Å². The largest absolute Gasteiger partial charge is 0.488 e. The molecule has 0 bridgehead atoms. The van der Waals surface area contributed by atoms with Gasteiger partial charge in [-0.3, -0.25) is 24.3 Å². The number of carbonyl (C=O) groups is 3. The third-order valence-electron chi connectivity index (χ3n) is 7.12. The molecule has 0 spiro atoms. The van der Waals surface area contributed by atoms with E-state index in [9.17, 15) is 14.4 Å². The predicted molar refractivity (Wildman–Crippen MR) is 134 cm³/mol. The second-order valence-corrected chi connectivity index (χ2v) is 9.55. The minimum absolute atomic E-state index is 0.0248. The molecule has 184 valence electrons. The van der Waals surface area contributed by atoms with Crippen molar-refractivity contribution in [1.82, 2.24) is 14.8 Å². The Kier molecular flexibility index (Phi) is 6.55. The van der Waals surface area contributed by atoms with Crippen LogP contribution in [0.3, 0.4) is 0 Å². The summed E-state index contributed by atoms with van der Waals surface area (Å²) in [5, 5.41) is 0. The lowest BCUT2D eigenvalue weighted by Gasteiger charge is -2.30.